The Hall–Kier alpha value is -2.36. The van der Waals surface area contributed by atoms with E-state index in [1.807, 2.05) is 30.3 Å². The van der Waals surface area contributed by atoms with Crippen molar-refractivity contribution in [3.05, 3.63) is 59.8 Å². The molecule has 4 nitrogen and oxygen atoms in total. The van der Waals surface area contributed by atoms with Crippen LogP contribution >= 0.6 is 0 Å². The minimum atomic E-state index is -0.154. The SMILES string of the molecule is CC1CC1c1ccc(/C=C/C(=O)NCc2ccccn2)o1. The van der Waals surface area contributed by atoms with Gasteiger partial charge in [-0.3, -0.25) is 9.78 Å². The number of rotatable bonds is 5. The summed E-state index contributed by atoms with van der Waals surface area (Å²) in [6.07, 6.45) is 6.09. The second kappa shape index (κ2) is 5.95. The molecule has 21 heavy (non-hydrogen) atoms. The molecule has 0 aliphatic heterocycles. The van der Waals surface area contributed by atoms with E-state index < -0.39 is 0 Å². The third-order valence-electron chi connectivity index (χ3n) is 3.69. The van der Waals surface area contributed by atoms with Gasteiger partial charge in [-0.1, -0.05) is 13.0 Å². The number of hydrogen-bond acceptors (Lipinski definition) is 3. The van der Waals surface area contributed by atoms with Gasteiger partial charge >= 0.3 is 0 Å². The molecule has 1 saturated carbocycles. The van der Waals surface area contributed by atoms with Gasteiger partial charge in [0.25, 0.3) is 0 Å². The molecule has 0 bridgehead atoms. The average Bonchev–Trinajstić information content (AvgIpc) is 3.05. The first-order valence-electron chi connectivity index (χ1n) is 7.18. The first kappa shape index (κ1) is 13.6. The normalized spacial score (nSPS) is 20.6. The molecule has 4 heteroatoms. The Labute approximate surface area is 123 Å². The topological polar surface area (TPSA) is 55.1 Å². The molecule has 1 N–H and O–H groups in total. The highest BCUT2D eigenvalue weighted by atomic mass is 16.3. The van der Waals surface area contributed by atoms with Gasteiger partial charge in [-0.15, -0.1) is 0 Å². The summed E-state index contributed by atoms with van der Waals surface area (Å²) in [5.41, 5.74) is 0.835. The highest BCUT2D eigenvalue weighted by Crippen LogP contribution is 2.47. The summed E-state index contributed by atoms with van der Waals surface area (Å²) < 4.78 is 5.71. The van der Waals surface area contributed by atoms with Crippen molar-refractivity contribution in [2.24, 2.45) is 5.92 Å². The second-order valence-electron chi connectivity index (χ2n) is 5.43. The molecule has 0 radical (unpaired) electrons. The fourth-order valence-electron chi connectivity index (χ4n) is 2.27. The number of carbonyl (C=O) groups excluding carboxylic acids is 1. The number of nitrogens with zero attached hydrogens (tertiary/aromatic N) is 1. The Morgan fingerprint density at radius 2 is 2.29 bits per heavy atom. The number of nitrogens with one attached hydrogen (secondary N) is 1. The highest BCUT2D eigenvalue weighted by Gasteiger charge is 2.36. The number of aromatic nitrogens is 1. The molecule has 3 rings (SSSR count). The van der Waals surface area contributed by atoms with Crippen LogP contribution in [-0.2, 0) is 11.3 Å². The molecule has 1 amide bonds. The van der Waals surface area contributed by atoms with Gasteiger partial charge in [0.1, 0.15) is 11.5 Å². The van der Waals surface area contributed by atoms with E-state index in [-0.39, 0.29) is 5.91 Å². The fourth-order valence-corrected chi connectivity index (χ4v) is 2.27. The minimum Gasteiger partial charge on any atom is -0.461 e. The second-order valence-corrected chi connectivity index (χ2v) is 5.43. The zero-order valence-electron chi connectivity index (χ0n) is 12.0. The van der Waals surface area contributed by atoms with Crippen molar-refractivity contribution in [1.82, 2.24) is 10.3 Å². The van der Waals surface area contributed by atoms with Crippen LogP contribution < -0.4 is 5.32 Å². The van der Waals surface area contributed by atoms with E-state index in [4.69, 9.17) is 4.42 Å². The lowest BCUT2D eigenvalue weighted by molar-refractivity contribution is -0.116. The van der Waals surface area contributed by atoms with Crippen molar-refractivity contribution in [2.75, 3.05) is 0 Å². The third kappa shape index (κ3) is 3.60. The van der Waals surface area contributed by atoms with Gasteiger partial charge in [0, 0.05) is 18.2 Å². The van der Waals surface area contributed by atoms with Gasteiger partial charge in [0.15, 0.2) is 0 Å². The van der Waals surface area contributed by atoms with Crippen molar-refractivity contribution in [1.29, 1.82) is 0 Å². The van der Waals surface area contributed by atoms with Crippen LogP contribution in [-0.4, -0.2) is 10.9 Å². The van der Waals surface area contributed by atoms with Gasteiger partial charge < -0.3 is 9.73 Å². The van der Waals surface area contributed by atoms with Crippen molar-refractivity contribution >= 4 is 12.0 Å². The summed E-state index contributed by atoms with van der Waals surface area (Å²) in [5, 5.41) is 2.79. The van der Waals surface area contributed by atoms with Crippen LogP contribution in [0, 0.1) is 5.92 Å². The van der Waals surface area contributed by atoms with E-state index in [1.165, 1.54) is 12.5 Å². The number of hydrogen-bond donors (Lipinski definition) is 1. The van der Waals surface area contributed by atoms with E-state index in [0.717, 1.165) is 23.1 Å². The monoisotopic (exact) mass is 282 g/mol. The van der Waals surface area contributed by atoms with E-state index in [2.05, 4.69) is 17.2 Å². The van der Waals surface area contributed by atoms with Crippen LogP contribution in [0.25, 0.3) is 6.08 Å². The van der Waals surface area contributed by atoms with E-state index in [0.29, 0.717) is 12.5 Å². The van der Waals surface area contributed by atoms with Crippen LogP contribution in [0.15, 0.2) is 47.0 Å². The number of pyridine rings is 1. The predicted molar refractivity (Wildman–Crippen MR) is 80.3 cm³/mol. The Morgan fingerprint density at radius 1 is 1.43 bits per heavy atom. The number of carbonyl (C=O) groups is 1. The van der Waals surface area contributed by atoms with Gasteiger partial charge in [0.2, 0.25) is 5.91 Å². The maximum absolute atomic E-state index is 11.7. The Kier molecular flexibility index (Phi) is 3.86. The first-order chi connectivity index (χ1) is 10.2. The molecule has 2 aromatic heterocycles. The van der Waals surface area contributed by atoms with Crippen molar-refractivity contribution < 1.29 is 9.21 Å². The maximum atomic E-state index is 11.7. The molecule has 2 aromatic rings. The van der Waals surface area contributed by atoms with Crippen LogP contribution in [0.3, 0.4) is 0 Å². The smallest absolute Gasteiger partial charge is 0.244 e. The number of amides is 1. The van der Waals surface area contributed by atoms with E-state index >= 15 is 0 Å². The quantitative estimate of drug-likeness (QED) is 0.857. The summed E-state index contributed by atoms with van der Waals surface area (Å²) in [7, 11) is 0. The van der Waals surface area contributed by atoms with Crippen LogP contribution in [0.5, 0.6) is 0 Å². The first-order valence-corrected chi connectivity index (χ1v) is 7.18. The van der Waals surface area contributed by atoms with Gasteiger partial charge in [-0.05, 0) is 42.7 Å². The van der Waals surface area contributed by atoms with Crippen molar-refractivity contribution in [2.45, 2.75) is 25.8 Å². The lowest BCUT2D eigenvalue weighted by Gasteiger charge is -2.00. The summed E-state index contributed by atoms with van der Waals surface area (Å²) in [5.74, 6) is 2.87. The highest BCUT2D eigenvalue weighted by molar-refractivity contribution is 5.91. The Balaban J connectivity index is 1.51. The summed E-state index contributed by atoms with van der Waals surface area (Å²) in [6, 6.07) is 9.52. The minimum absolute atomic E-state index is 0.154. The molecular weight excluding hydrogens is 264 g/mol. The molecule has 2 atom stereocenters. The molecule has 2 unspecified atom stereocenters. The molecular formula is C17H18N2O2. The maximum Gasteiger partial charge on any atom is 0.244 e. The zero-order valence-corrected chi connectivity index (χ0v) is 12.0. The van der Waals surface area contributed by atoms with Crippen LogP contribution in [0.1, 0.15) is 36.5 Å². The fraction of sp³-hybridized carbons (Fsp3) is 0.294. The summed E-state index contributed by atoms with van der Waals surface area (Å²) >= 11 is 0. The van der Waals surface area contributed by atoms with E-state index in [1.54, 1.807) is 12.3 Å². The van der Waals surface area contributed by atoms with Crippen LogP contribution in [0.4, 0.5) is 0 Å². The largest absolute Gasteiger partial charge is 0.461 e. The average molecular weight is 282 g/mol. The van der Waals surface area contributed by atoms with Crippen LogP contribution in [0.2, 0.25) is 0 Å². The zero-order chi connectivity index (χ0) is 14.7. The standard InChI is InChI=1S/C17H18N2O2/c1-12-10-15(12)16-7-5-14(21-16)6-8-17(20)19-11-13-4-2-3-9-18-13/h2-9,12,15H,10-11H2,1H3,(H,19,20)/b8-6+. The van der Waals surface area contributed by atoms with Gasteiger partial charge in [-0.25, -0.2) is 0 Å². The summed E-state index contributed by atoms with van der Waals surface area (Å²) in [6.45, 7) is 2.64. The number of furan rings is 1. The lowest BCUT2D eigenvalue weighted by atomic mass is 10.3. The molecule has 0 saturated heterocycles. The molecule has 0 spiro atoms. The van der Waals surface area contributed by atoms with Gasteiger partial charge in [0.05, 0.1) is 12.2 Å². The van der Waals surface area contributed by atoms with Crippen molar-refractivity contribution in [3.8, 4) is 0 Å². The Bertz CT molecular complexity index is 646. The molecule has 0 aromatic carbocycles. The van der Waals surface area contributed by atoms with Crippen molar-refractivity contribution in [3.63, 3.8) is 0 Å². The summed E-state index contributed by atoms with van der Waals surface area (Å²) in [4.78, 5) is 15.9. The predicted octanol–water partition coefficient (Wildman–Crippen LogP) is 3.13. The molecule has 2 heterocycles. The lowest BCUT2D eigenvalue weighted by Crippen LogP contribution is -2.20. The molecule has 1 fully saturated rings. The van der Waals surface area contributed by atoms with Gasteiger partial charge in [-0.2, -0.15) is 0 Å². The third-order valence-corrected chi connectivity index (χ3v) is 3.69. The molecule has 1 aliphatic carbocycles. The molecule has 1 aliphatic rings. The molecule has 108 valence electrons. The van der Waals surface area contributed by atoms with E-state index in [9.17, 15) is 4.79 Å². The Morgan fingerprint density at radius 3 is 3.00 bits per heavy atom.